The molecule has 1 amide bonds. The topological polar surface area (TPSA) is 90.7 Å². The van der Waals surface area contributed by atoms with E-state index in [1.165, 1.54) is 0 Å². The van der Waals surface area contributed by atoms with E-state index >= 15 is 0 Å². The number of carbonyl (C=O) groups excluding carboxylic acids is 1. The molecule has 7 heteroatoms. The van der Waals surface area contributed by atoms with Crippen LogP contribution in [0.5, 0.6) is 0 Å². The van der Waals surface area contributed by atoms with Gasteiger partial charge in [-0.25, -0.2) is 15.0 Å². The molecule has 2 N–H and O–H groups in total. The maximum atomic E-state index is 11.4. The number of guanidine groups is 1. The van der Waals surface area contributed by atoms with Gasteiger partial charge in [0.15, 0.2) is 0 Å². The van der Waals surface area contributed by atoms with E-state index in [2.05, 4.69) is 20.3 Å². The van der Waals surface area contributed by atoms with Gasteiger partial charge in [0, 0.05) is 11.4 Å². The molecule has 1 aliphatic heterocycles. The number of aryl methyl sites for hydroxylation is 2. The highest BCUT2D eigenvalue weighted by molar-refractivity contribution is 6.13. The number of aliphatic hydroxyl groups excluding tert-OH is 1. The molecule has 0 aliphatic carbocycles. The number of hydrogen-bond acceptors (Lipinski definition) is 5. The van der Waals surface area contributed by atoms with Crippen molar-refractivity contribution in [3.8, 4) is 0 Å². The normalized spacial score (nSPS) is 17.4. The number of aliphatic imine (C=N–C) groups is 1. The fourth-order valence-corrected chi connectivity index (χ4v) is 1.72. The molecule has 96 valence electrons. The molecule has 2 heterocycles. The van der Waals surface area contributed by atoms with Gasteiger partial charge >= 0.3 is 0 Å². The van der Waals surface area contributed by atoms with Gasteiger partial charge in [0.1, 0.15) is 6.54 Å². The van der Waals surface area contributed by atoms with Gasteiger partial charge in [-0.05, 0) is 19.9 Å². The van der Waals surface area contributed by atoms with E-state index < -0.39 is 0 Å². The Hall–Kier alpha value is -2.02. The van der Waals surface area contributed by atoms with E-state index in [0.29, 0.717) is 11.9 Å². The van der Waals surface area contributed by atoms with Gasteiger partial charge in [0.05, 0.1) is 13.2 Å². The quantitative estimate of drug-likeness (QED) is 0.745. The number of hydrogen-bond donors (Lipinski definition) is 2. The SMILES string of the molecule is Cc1cc(C)nc(N2CC(=O)NC2=NCCO)n1. The highest BCUT2D eigenvalue weighted by Gasteiger charge is 2.28. The summed E-state index contributed by atoms with van der Waals surface area (Å²) in [6.07, 6.45) is 0. The average Bonchev–Trinajstić information content (AvgIpc) is 2.66. The van der Waals surface area contributed by atoms with Crippen LogP contribution in [0.25, 0.3) is 0 Å². The molecule has 0 radical (unpaired) electrons. The number of rotatable bonds is 3. The summed E-state index contributed by atoms with van der Waals surface area (Å²) in [5.41, 5.74) is 1.66. The van der Waals surface area contributed by atoms with Gasteiger partial charge in [-0.2, -0.15) is 0 Å². The maximum absolute atomic E-state index is 11.4. The van der Waals surface area contributed by atoms with Crippen molar-refractivity contribution in [1.82, 2.24) is 15.3 Å². The zero-order chi connectivity index (χ0) is 13.1. The Morgan fingerprint density at radius 2 is 2.11 bits per heavy atom. The number of anilines is 1. The summed E-state index contributed by atoms with van der Waals surface area (Å²) in [5, 5.41) is 11.4. The number of nitrogens with one attached hydrogen (secondary N) is 1. The van der Waals surface area contributed by atoms with Crippen LogP contribution in [0.3, 0.4) is 0 Å². The van der Waals surface area contributed by atoms with Crippen LogP contribution >= 0.6 is 0 Å². The predicted octanol–water partition coefficient (Wildman–Crippen LogP) is -0.622. The molecule has 1 fully saturated rings. The molecule has 0 aromatic carbocycles. The second-order valence-electron chi connectivity index (χ2n) is 4.01. The third-order valence-electron chi connectivity index (χ3n) is 2.38. The first-order chi connectivity index (χ1) is 8.60. The van der Waals surface area contributed by atoms with E-state index in [1.807, 2.05) is 19.9 Å². The van der Waals surface area contributed by atoms with Crippen molar-refractivity contribution in [1.29, 1.82) is 0 Å². The van der Waals surface area contributed by atoms with Crippen molar-refractivity contribution in [3.05, 3.63) is 17.5 Å². The molecule has 7 nitrogen and oxygen atoms in total. The Morgan fingerprint density at radius 3 is 2.72 bits per heavy atom. The third-order valence-corrected chi connectivity index (χ3v) is 2.38. The zero-order valence-electron chi connectivity index (χ0n) is 10.3. The summed E-state index contributed by atoms with van der Waals surface area (Å²) in [7, 11) is 0. The highest BCUT2D eigenvalue weighted by atomic mass is 16.3. The zero-order valence-corrected chi connectivity index (χ0v) is 10.3. The Labute approximate surface area is 105 Å². The van der Waals surface area contributed by atoms with E-state index in [1.54, 1.807) is 4.90 Å². The van der Waals surface area contributed by atoms with Gasteiger partial charge in [-0.3, -0.25) is 15.0 Å². The Balaban J connectivity index is 2.32. The van der Waals surface area contributed by atoms with Crippen LogP contribution in [0.1, 0.15) is 11.4 Å². The number of aliphatic hydroxyl groups is 1. The minimum atomic E-state index is -0.158. The lowest BCUT2D eigenvalue weighted by molar-refractivity contribution is -0.117. The first kappa shape index (κ1) is 12.4. The largest absolute Gasteiger partial charge is 0.394 e. The van der Waals surface area contributed by atoms with Crippen molar-refractivity contribution >= 4 is 17.8 Å². The molecule has 1 aliphatic rings. The van der Waals surface area contributed by atoms with Gasteiger partial charge in [-0.1, -0.05) is 0 Å². The van der Waals surface area contributed by atoms with Crippen molar-refractivity contribution in [2.45, 2.75) is 13.8 Å². The lowest BCUT2D eigenvalue weighted by Crippen LogP contribution is -2.32. The van der Waals surface area contributed by atoms with Gasteiger partial charge < -0.3 is 5.11 Å². The summed E-state index contributed by atoms with van der Waals surface area (Å²) in [6.45, 7) is 4.05. The monoisotopic (exact) mass is 249 g/mol. The molecule has 1 aromatic heterocycles. The van der Waals surface area contributed by atoms with Crippen LogP contribution in [0, 0.1) is 13.8 Å². The number of amides is 1. The van der Waals surface area contributed by atoms with Gasteiger partial charge in [0.2, 0.25) is 17.8 Å². The standard InChI is InChI=1S/C11H15N5O2/c1-7-5-8(2)14-11(13-7)16-6-9(18)15-10(16)12-3-4-17/h5,17H,3-4,6H2,1-2H3,(H,12,15,18). The summed E-state index contributed by atoms with van der Waals surface area (Å²) in [4.78, 5) is 25.7. The minimum absolute atomic E-state index is 0.0685. The van der Waals surface area contributed by atoms with Gasteiger partial charge in [0.25, 0.3) is 0 Å². The molecule has 18 heavy (non-hydrogen) atoms. The first-order valence-corrected chi connectivity index (χ1v) is 5.65. The highest BCUT2D eigenvalue weighted by Crippen LogP contribution is 2.12. The Morgan fingerprint density at radius 1 is 1.44 bits per heavy atom. The van der Waals surface area contributed by atoms with Crippen molar-refractivity contribution in [3.63, 3.8) is 0 Å². The molecule has 0 saturated carbocycles. The molecule has 0 bridgehead atoms. The Kier molecular flexibility index (Phi) is 3.52. The summed E-state index contributed by atoms with van der Waals surface area (Å²) >= 11 is 0. The maximum Gasteiger partial charge on any atom is 0.246 e. The number of nitrogens with zero attached hydrogens (tertiary/aromatic N) is 4. The smallest absolute Gasteiger partial charge is 0.246 e. The van der Waals surface area contributed by atoms with E-state index in [4.69, 9.17) is 5.11 Å². The molecule has 0 unspecified atom stereocenters. The molecular weight excluding hydrogens is 234 g/mol. The molecule has 1 saturated heterocycles. The summed E-state index contributed by atoms with van der Waals surface area (Å²) < 4.78 is 0. The molecular formula is C11H15N5O2. The molecule has 2 rings (SSSR count). The van der Waals surface area contributed by atoms with Crippen LogP contribution in [-0.4, -0.2) is 46.6 Å². The molecule has 1 aromatic rings. The Bertz CT molecular complexity index is 480. The number of aromatic nitrogens is 2. The fraction of sp³-hybridized carbons (Fsp3) is 0.455. The fourth-order valence-electron chi connectivity index (χ4n) is 1.72. The second-order valence-corrected chi connectivity index (χ2v) is 4.01. The van der Waals surface area contributed by atoms with Crippen LogP contribution < -0.4 is 10.2 Å². The van der Waals surface area contributed by atoms with Crippen molar-refractivity contribution in [2.24, 2.45) is 4.99 Å². The van der Waals surface area contributed by atoms with Crippen molar-refractivity contribution < 1.29 is 9.90 Å². The van der Waals surface area contributed by atoms with E-state index in [-0.39, 0.29) is 25.6 Å². The summed E-state index contributed by atoms with van der Waals surface area (Å²) in [5.74, 6) is 0.677. The molecule has 0 spiro atoms. The van der Waals surface area contributed by atoms with Crippen LogP contribution in [0.4, 0.5) is 5.95 Å². The van der Waals surface area contributed by atoms with Crippen LogP contribution in [0.2, 0.25) is 0 Å². The first-order valence-electron chi connectivity index (χ1n) is 5.65. The number of carbonyl (C=O) groups is 1. The van der Waals surface area contributed by atoms with Crippen molar-refractivity contribution in [2.75, 3.05) is 24.6 Å². The minimum Gasteiger partial charge on any atom is -0.394 e. The second kappa shape index (κ2) is 5.09. The summed E-state index contributed by atoms with van der Waals surface area (Å²) in [6, 6.07) is 1.86. The average molecular weight is 249 g/mol. The lowest BCUT2D eigenvalue weighted by Gasteiger charge is -2.15. The van der Waals surface area contributed by atoms with E-state index in [9.17, 15) is 4.79 Å². The lowest BCUT2D eigenvalue weighted by atomic mass is 10.3. The van der Waals surface area contributed by atoms with Crippen LogP contribution in [0.15, 0.2) is 11.1 Å². The van der Waals surface area contributed by atoms with Crippen LogP contribution in [-0.2, 0) is 4.79 Å². The van der Waals surface area contributed by atoms with E-state index in [0.717, 1.165) is 11.4 Å². The third kappa shape index (κ3) is 2.62. The predicted molar refractivity (Wildman–Crippen MR) is 66.4 cm³/mol. The van der Waals surface area contributed by atoms with Gasteiger partial charge in [-0.15, -0.1) is 0 Å². The molecule has 0 atom stereocenters.